The maximum absolute atomic E-state index is 5.28. The van der Waals surface area contributed by atoms with Crippen LogP contribution in [0.3, 0.4) is 0 Å². The molecule has 51 heavy (non-hydrogen) atoms. The number of rotatable bonds is 6. The molecule has 1 unspecified atom stereocenters. The van der Waals surface area contributed by atoms with Gasteiger partial charge >= 0.3 is 0 Å². The van der Waals surface area contributed by atoms with Crippen LogP contribution in [0.2, 0.25) is 0 Å². The molecule has 1 N–H and O–H groups in total. The lowest BCUT2D eigenvalue weighted by atomic mass is 9.92. The maximum atomic E-state index is 5.28. The molecule has 242 valence electrons. The first-order valence-corrected chi connectivity index (χ1v) is 17.4. The summed E-state index contributed by atoms with van der Waals surface area (Å²) in [5, 5.41) is 8.79. The smallest absolute Gasteiger partial charge is 0.134 e. The zero-order chi connectivity index (χ0) is 34.1. The van der Waals surface area contributed by atoms with E-state index in [2.05, 4.69) is 181 Å². The third-order valence-electron chi connectivity index (χ3n) is 9.90. The molecule has 1 aliphatic heterocycles. The van der Waals surface area contributed by atoms with E-state index in [-0.39, 0.29) is 6.04 Å². The van der Waals surface area contributed by atoms with Crippen molar-refractivity contribution >= 4 is 33.1 Å². The molecule has 0 aliphatic carbocycles. The van der Waals surface area contributed by atoms with Crippen LogP contribution in [0.25, 0.3) is 60.6 Å². The lowest BCUT2D eigenvalue weighted by molar-refractivity contribution is 0.781. The minimum absolute atomic E-state index is 0.0324. The number of aromatic nitrogens is 1. The van der Waals surface area contributed by atoms with Crippen molar-refractivity contribution < 1.29 is 0 Å². The zero-order valence-electron chi connectivity index (χ0n) is 28.3. The lowest BCUT2D eigenvalue weighted by Crippen LogP contribution is -2.31. The summed E-state index contributed by atoms with van der Waals surface area (Å²) >= 11 is 0. The van der Waals surface area contributed by atoms with Crippen LogP contribution in [0.4, 0.5) is 0 Å². The Morgan fingerprint density at radius 2 is 1.10 bits per heavy atom. The standard InChI is InChI=1S/C48H35N3/c1-32-43(17-10-26-49-32)35-20-18-33(19-21-35)40-27-41(39-25-24-36-23-22-34-11-8-9-16-44(34)45(36)30-39)29-42(28-40)48-50-46(37-12-4-2-5-13-37)31-47(51-48)38-14-6-3-7-15-38/h2-31,46H,1H3,(H,50,51). The summed E-state index contributed by atoms with van der Waals surface area (Å²) in [6.07, 6.45) is 4.07. The van der Waals surface area contributed by atoms with Gasteiger partial charge in [-0.1, -0.05) is 140 Å². The van der Waals surface area contributed by atoms with Gasteiger partial charge in [0.2, 0.25) is 0 Å². The van der Waals surface area contributed by atoms with Crippen LogP contribution in [-0.2, 0) is 0 Å². The molecule has 0 fully saturated rings. The van der Waals surface area contributed by atoms with Crippen molar-refractivity contribution in [3.8, 4) is 33.4 Å². The zero-order valence-corrected chi connectivity index (χ0v) is 28.3. The number of benzene rings is 7. The third-order valence-corrected chi connectivity index (χ3v) is 9.90. The predicted octanol–water partition coefficient (Wildman–Crippen LogP) is 11.8. The summed E-state index contributed by atoms with van der Waals surface area (Å²) in [5.74, 6) is 0.849. The van der Waals surface area contributed by atoms with Gasteiger partial charge in [-0.3, -0.25) is 4.98 Å². The number of pyridine rings is 1. The molecule has 0 saturated heterocycles. The fourth-order valence-corrected chi connectivity index (χ4v) is 7.21. The fraction of sp³-hybridized carbons (Fsp3) is 0.0417. The normalized spacial score (nSPS) is 14.2. The highest BCUT2D eigenvalue weighted by Crippen LogP contribution is 2.35. The SMILES string of the molecule is Cc1ncccc1-c1ccc(-c2cc(C3=NC(c4ccccc4)=CC(c4ccccc4)N3)cc(-c3ccc4ccc5ccccc5c4c3)c2)cc1. The van der Waals surface area contributed by atoms with E-state index in [0.717, 1.165) is 56.2 Å². The number of aryl methyl sites for hydroxylation is 1. The second-order valence-electron chi connectivity index (χ2n) is 13.1. The molecule has 1 atom stereocenters. The third kappa shape index (κ3) is 6.00. The number of fused-ring (bicyclic) bond motifs is 3. The number of nitrogens with one attached hydrogen (secondary N) is 1. The first kappa shape index (κ1) is 30.5. The molecule has 8 aromatic rings. The Labute approximate surface area is 298 Å². The summed E-state index contributed by atoms with van der Waals surface area (Å²) < 4.78 is 0. The highest BCUT2D eigenvalue weighted by atomic mass is 15.0. The summed E-state index contributed by atoms with van der Waals surface area (Å²) in [6.45, 7) is 2.06. The van der Waals surface area contributed by atoms with Crippen LogP contribution in [0.5, 0.6) is 0 Å². The maximum Gasteiger partial charge on any atom is 0.134 e. The van der Waals surface area contributed by atoms with Gasteiger partial charge in [0.05, 0.1) is 11.7 Å². The monoisotopic (exact) mass is 653 g/mol. The van der Waals surface area contributed by atoms with Crippen molar-refractivity contribution in [3.05, 3.63) is 205 Å². The van der Waals surface area contributed by atoms with Crippen molar-refractivity contribution in [1.29, 1.82) is 0 Å². The Balaban J connectivity index is 1.21. The minimum Gasteiger partial charge on any atom is -0.359 e. The molecule has 0 bridgehead atoms. The highest BCUT2D eigenvalue weighted by molar-refractivity contribution is 6.09. The van der Waals surface area contributed by atoms with Crippen molar-refractivity contribution in [2.45, 2.75) is 13.0 Å². The molecule has 9 rings (SSSR count). The van der Waals surface area contributed by atoms with Gasteiger partial charge in [0.15, 0.2) is 0 Å². The van der Waals surface area contributed by atoms with E-state index < -0.39 is 0 Å². The van der Waals surface area contributed by atoms with E-state index in [0.29, 0.717) is 0 Å². The number of hydrogen-bond donors (Lipinski definition) is 1. The molecule has 1 aliphatic rings. The Morgan fingerprint density at radius 3 is 1.88 bits per heavy atom. The average molecular weight is 654 g/mol. The van der Waals surface area contributed by atoms with Crippen LogP contribution in [0.1, 0.15) is 28.4 Å². The van der Waals surface area contributed by atoms with E-state index >= 15 is 0 Å². The molecule has 7 aromatic carbocycles. The number of amidine groups is 1. The van der Waals surface area contributed by atoms with Crippen molar-refractivity contribution in [3.63, 3.8) is 0 Å². The van der Waals surface area contributed by atoms with Gasteiger partial charge < -0.3 is 5.32 Å². The second-order valence-corrected chi connectivity index (χ2v) is 13.1. The summed E-state index contributed by atoms with van der Waals surface area (Å²) in [7, 11) is 0. The van der Waals surface area contributed by atoms with Crippen molar-refractivity contribution in [2.24, 2.45) is 4.99 Å². The highest BCUT2D eigenvalue weighted by Gasteiger charge is 2.21. The Bertz CT molecular complexity index is 2600. The number of aliphatic imine (C=N–C) groups is 1. The van der Waals surface area contributed by atoms with E-state index in [1.54, 1.807) is 0 Å². The molecular formula is C48H35N3. The van der Waals surface area contributed by atoms with E-state index in [4.69, 9.17) is 4.99 Å². The van der Waals surface area contributed by atoms with Gasteiger partial charge in [0, 0.05) is 23.0 Å². The molecule has 1 aromatic heterocycles. The number of hydrogen-bond acceptors (Lipinski definition) is 3. The first-order chi connectivity index (χ1) is 25.2. The van der Waals surface area contributed by atoms with Crippen molar-refractivity contribution in [2.75, 3.05) is 0 Å². The molecule has 2 heterocycles. The van der Waals surface area contributed by atoms with Crippen LogP contribution in [-0.4, -0.2) is 10.8 Å². The largest absolute Gasteiger partial charge is 0.359 e. The number of nitrogens with zero attached hydrogens (tertiary/aromatic N) is 2. The van der Waals surface area contributed by atoms with Gasteiger partial charge in [-0.05, 0) is 104 Å². The molecule has 3 heteroatoms. The van der Waals surface area contributed by atoms with Crippen LogP contribution in [0, 0.1) is 6.92 Å². The van der Waals surface area contributed by atoms with E-state index in [1.807, 2.05) is 18.3 Å². The Kier molecular flexibility index (Phi) is 7.79. The average Bonchev–Trinajstić information content (AvgIpc) is 3.21. The van der Waals surface area contributed by atoms with Gasteiger partial charge in [-0.2, -0.15) is 0 Å². The molecule has 0 amide bonds. The van der Waals surface area contributed by atoms with Crippen LogP contribution < -0.4 is 5.32 Å². The van der Waals surface area contributed by atoms with Gasteiger partial charge in [-0.25, -0.2) is 4.99 Å². The molecule has 0 radical (unpaired) electrons. The second kappa shape index (κ2) is 13.0. The van der Waals surface area contributed by atoms with Crippen LogP contribution in [0.15, 0.2) is 187 Å². The quantitative estimate of drug-likeness (QED) is 0.181. The first-order valence-electron chi connectivity index (χ1n) is 17.4. The molecular weight excluding hydrogens is 619 g/mol. The minimum atomic E-state index is -0.0324. The van der Waals surface area contributed by atoms with Gasteiger partial charge in [0.1, 0.15) is 5.84 Å². The summed E-state index contributed by atoms with van der Waals surface area (Å²) in [6, 6.07) is 60.7. The molecule has 3 nitrogen and oxygen atoms in total. The van der Waals surface area contributed by atoms with E-state index in [9.17, 15) is 0 Å². The summed E-state index contributed by atoms with van der Waals surface area (Å²) in [4.78, 5) is 9.80. The van der Waals surface area contributed by atoms with Crippen molar-refractivity contribution in [1.82, 2.24) is 10.3 Å². The Hall–Kier alpha value is -6.58. The summed E-state index contributed by atoms with van der Waals surface area (Å²) in [5.41, 5.74) is 12.2. The fourth-order valence-electron chi connectivity index (χ4n) is 7.21. The topological polar surface area (TPSA) is 37.3 Å². The van der Waals surface area contributed by atoms with E-state index in [1.165, 1.54) is 32.7 Å². The molecule has 0 spiro atoms. The van der Waals surface area contributed by atoms with Gasteiger partial charge in [0.25, 0.3) is 0 Å². The Morgan fingerprint density at radius 1 is 0.471 bits per heavy atom. The van der Waals surface area contributed by atoms with Crippen LogP contribution >= 0.6 is 0 Å². The predicted molar refractivity (Wildman–Crippen MR) is 214 cm³/mol. The molecule has 0 saturated carbocycles. The van der Waals surface area contributed by atoms with Gasteiger partial charge in [-0.15, -0.1) is 0 Å². The lowest BCUT2D eigenvalue weighted by Gasteiger charge is -2.25.